The highest BCUT2D eigenvalue weighted by molar-refractivity contribution is 9.09. The van der Waals surface area contributed by atoms with Gasteiger partial charge in [-0.15, -0.1) is 0 Å². The maximum atomic E-state index is 5.53. The quantitative estimate of drug-likeness (QED) is 0.718. The van der Waals surface area contributed by atoms with Crippen LogP contribution in [0.5, 0.6) is 5.75 Å². The van der Waals surface area contributed by atoms with Gasteiger partial charge in [0.15, 0.2) is 0 Å². The molecule has 0 radical (unpaired) electrons. The summed E-state index contributed by atoms with van der Waals surface area (Å²) in [6.45, 7) is 3.65. The van der Waals surface area contributed by atoms with Gasteiger partial charge in [0.1, 0.15) is 5.75 Å². The molecule has 1 aliphatic heterocycles. The van der Waals surface area contributed by atoms with Gasteiger partial charge >= 0.3 is 0 Å². The molecular formula is C15H22BrNO2. The van der Waals surface area contributed by atoms with Gasteiger partial charge in [-0.2, -0.15) is 0 Å². The fourth-order valence-electron chi connectivity index (χ4n) is 2.38. The van der Waals surface area contributed by atoms with Crippen LogP contribution in [0.3, 0.4) is 0 Å². The third-order valence-electron chi connectivity index (χ3n) is 3.39. The van der Waals surface area contributed by atoms with Crippen molar-refractivity contribution < 1.29 is 9.47 Å². The molecule has 0 fully saturated rings. The third kappa shape index (κ3) is 4.48. The Morgan fingerprint density at radius 3 is 3.11 bits per heavy atom. The molecule has 1 aliphatic rings. The number of methoxy groups -OCH3 is 1. The molecule has 0 saturated heterocycles. The van der Waals surface area contributed by atoms with E-state index in [-0.39, 0.29) is 0 Å². The molecule has 1 atom stereocenters. The van der Waals surface area contributed by atoms with Gasteiger partial charge in [0.25, 0.3) is 0 Å². The Labute approximate surface area is 124 Å². The molecular weight excluding hydrogens is 306 g/mol. The second-order valence-corrected chi connectivity index (χ2v) is 6.40. The number of rotatable bonds is 7. The van der Waals surface area contributed by atoms with Crippen LogP contribution in [0.1, 0.15) is 11.1 Å². The summed E-state index contributed by atoms with van der Waals surface area (Å²) in [5, 5.41) is 0. The van der Waals surface area contributed by atoms with Gasteiger partial charge in [-0.3, -0.25) is 0 Å². The van der Waals surface area contributed by atoms with E-state index in [1.807, 2.05) is 0 Å². The number of benzene rings is 1. The number of nitrogens with zero attached hydrogens (tertiary/aromatic N) is 1. The topological polar surface area (TPSA) is 21.7 Å². The van der Waals surface area contributed by atoms with Crippen molar-refractivity contribution in [2.24, 2.45) is 0 Å². The largest absolute Gasteiger partial charge is 0.493 e. The zero-order valence-electron chi connectivity index (χ0n) is 11.7. The molecule has 0 N–H and O–H groups in total. The maximum Gasteiger partial charge on any atom is 0.122 e. The summed E-state index contributed by atoms with van der Waals surface area (Å²) >= 11 is 3.62. The molecule has 1 aromatic rings. The molecule has 1 unspecified atom stereocenters. The first-order chi connectivity index (χ1) is 9.19. The summed E-state index contributed by atoms with van der Waals surface area (Å²) < 4.78 is 10.7. The van der Waals surface area contributed by atoms with Crippen LogP contribution < -0.4 is 4.74 Å². The number of hydrogen-bond acceptors (Lipinski definition) is 3. The Bertz CT molecular complexity index is 411. The summed E-state index contributed by atoms with van der Waals surface area (Å²) in [6.07, 6.45) is 2.13. The number of ether oxygens (including phenoxy) is 2. The van der Waals surface area contributed by atoms with E-state index < -0.39 is 0 Å². The molecule has 0 aromatic heterocycles. The van der Waals surface area contributed by atoms with Crippen LogP contribution in [0.4, 0.5) is 0 Å². The smallest absolute Gasteiger partial charge is 0.122 e. The van der Waals surface area contributed by atoms with E-state index in [1.165, 1.54) is 11.1 Å². The van der Waals surface area contributed by atoms with Crippen LogP contribution >= 0.6 is 15.9 Å². The number of alkyl halides is 1. The molecule has 3 nitrogen and oxygen atoms in total. The standard InChI is InChI=1S/C15H22BrNO2/c1-17(10-14(16)11-18-2)7-5-12-3-4-15-13(9-12)6-8-19-15/h3-4,9,14H,5-8,10-11H2,1-2H3. The number of fused-ring (bicyclic) bond motifs is 1. The summed E-state index contributed by atoms with van der Waals surface area (Å²) in [7, 11) is 3.89. The Balaban J connectivity index is 1.78. The van der Waals surface area contributed by atoms with Crippen LogP contribution in [0, 0.1) is 0 Å². The Kier molecular flexibility index (Phi) is 5.67. The number of halogens is 1. The normalized spacial score (nSPS) is 15.4. The molecule has 0 aliphatic carbocycles. The first-order valence-electron chi connectivity index (χ1n) is 6.75. The second kappa shape index (κ2) is 7.27. The van der Waals surface area contributed by atoms with Gasteiger partial charge in [0, 0.05) is 26.6 Å². The summed E-state index contributed by atoms with van der Waals surface area (Å²) in [5.74, 6) is 1.07. The van der Waals surface area contributed by atoms with Gasteiger partial charge < -0.3 is 14.4 Å². The van der Waals surface area contributed by atoms with E-state index in [9.17, 15) is 0 Å². The summed E-state index contributed by atoms with van der Waals surface area (Å²) in [5.41, 5.74) is 2.76. The highest BCUT2D eigenvalue weighted by Gasteiger charge is 2.12. The third-order valence-corrected chi connectivity index (χ3v) is 3.95. The number of likely N-dealkylation sites (N-methyl/N-ethyl adjacent to an activating group) is 1. The van der Waals surface area contributed by atoms with E-state index in [0.29, 0.717) is 4.83 Å². The van der Waals surface area contributed by atoms with Gasteiger partial charge in [0.2, 0.25) is 0 Å². The van der Waals surface area contributed by atoms with Crippen LogP contribution in [0.15, 0.2) is 18.2 Å². The van der Waals surface area contributed by atoms with Crippen molar-refractivity contribution >= 4 is 15.9 Å². The van der Waals surface area contributed by atoms with Gasteiger partial charge in [0.05, 0.1) is 18.0 Å². The summed E-state index contributed by atoms with van der Waals surface area (Å²) in [4.78, 5) is 2.73. The van der Waals surface area contributed by atoms with E-state index in [0.717, 1.165) is 44.9 Å². The molecule has 19 heavy (non-hydrogen) atoms. The molecule has 0 spiro atoms. The minimum atomic E-state index is 0.399. The fraction of sp³-hybridized carbons (Fsp3) is 0.600. The van der Waals surface area contributed by atoms with Gasteiger partial charge in [-0.05, 0) is 30.7 Å². The van der Waals surface area contributed by atoms with E-state index in [4.69, 9.17) is 9.47 Å². The first kappa shape index (κ1) is 14.8. The summed E-state index contributed by atoms with van der Waals surface area (Å²) in [6, 6.07) is 6.57. The predicted molar refractivity (Wildman–Crippen MR) is 81.4 cm³/mol. The van der Waals surface area contributed by atoms with Gasteiger partial charge in [-0.25, -0.2) is 0 Å². The fourth-order valence-corrected chi connectivity index (χ4v) is 3.14. The molecule has 0 saturated carbocycles. The molecule has 0 amide bonds. The molecule has 4 heteroatoms. The first-order valence-corrected chi connectivity index (χ1v) is 7.66. The van der Waals surface area contributed by atoms with Crippen molar-refractivity contribution in [3.8, 4) is 5.75 Å². The van der Waals surface area contributed by atoms with Gasteiger partial charge in [-0.1, -0.05) is 28.1 Å². The Hall–Kier alpha value is -0.580. The molecule has 1 aromatic carbocycles. The van der Waals surface area contributed by atoms with Crippen molar-refractivity contribution in [3.63, 3.8) is 0 Å². The lowest BCUT2D eigenvalue weighted by Gasteiger charge is -2.19. The maximum absolute atomic E-state index is 5.53. The zero-order valence-corrected chi connectivity index (χ0v) is 13.3. The van der Waals surface area contributed by atoms with Crippen LogP contribution in [-0.2, 0) is 17.6 Å². The van der Waals surface area contributed by atoms with E-state index in [2.05, 4.69) is 46.1 Å². The number of hydrogen-bond donors (Lipinski definition) is 0. The average Bonchev–Trinajstić information content (AvgIpc) is 2.83. The van der Waals surface area contributed by atoms with Crippen molar-refractivity contribution in [2.45, 2.75) is 17.7 Å². The highest BCUT2D eigenvalue weighted by Crippen LogP contribution is 2.26. The highest BCUT2D eigenvalue weighted by atomic mass is 79.9. The van der Waals surface area contributed by atoms with E-state index >= 15 is 0 Å². The lowest BCUT2D eigenvalue weighted by Crippen LogP contribution is -2.30. The second-order valence-electron chi connectivity index (χ2n) is 5.11. The SMILES string of the molecule is COCC(Br)CN(C)CCc1ccc2c(c1)CCO2. The molecule has 2 rings (SSSR count). The van der Waals surface area contributed by atoms with Crippen LogP contribution in [0.2, 0.25) is 0 Å². The van der Waals surface area contributed by atoms with Crippen LogP contribution in [0.25, 0.3) is 0 Å². The minimum absolute atomic E-state index is 0.399. The lowest BCUT2D eigenvalue weighted by atomic mass is 10.1. The average molecular weight is 328 g/mol. The van der Waals surface area contributed by atoms with Crippen molar-refractivity contribution in [1.82, 2.24) is 4.90 Å². The zero-order chi connectivity index (χ0) is 13.7. The van der Waals surface area contributed by atoms with Crippen molar-refractivity contribution in [1.29, 1.82) is 0 Å². The van der Waals surface area contributed by atoms with Crippen molar-refractivity contribution in [2.75, 3.05) is 40.5 Å². The lowest BCUT2D eigenvalue weighted by molar-refractivity contribution is 0.186. The van der Waals surface area contributed by atoms with Crippen LogP contribution in [-0.4, -0.2) is 50.2 Å². The minimum Gasteiger partial charge on any atom is -0.493 e. The molecule has 1 heterocycles. The van der Waals surface area contributed by atoms with Crippen molar-refractivity contribution in [3.05, 3.63) is 29.3 Å². The van der Waals surface area contributed by atoms with E-state index in [1.54, 1.807) is 7.11 Å². The Morgan fingerprint density at radius 1 is 1.47 bits per heavy atom. The predicted octanol–water partition coefficient (Wildman–Crippen LogP) is 2.51. The molecule has 0 bridgehead atoms. The Morgan fingerprint density at radius 2 is 2.32 bits per heavy atom. The monoisotopic (exact) mass is 327 g/mol. The molecule has 106 valence electrons.